The summed E-state index contributed by atoms with van der Waals surface area (Å²) in [6.07, 6.45) is 4.18. The van der Waals surface area contributed by atoms with E-state index in [1.165, 1.54) is 12.3 Å². The molecule has 0 atom stereocenters. The Kier molecular flexibility index (Phi) is 2.23. The van der Waals surface area contributed by atoms with E-state index in [1.54, 1.807) is 12.3 Å². The first-order chi connectivity index (χ1) is 10.1. The molecular formula is C13H8F2N6. The Morgan fingerprint density at radius 1 is 1.29 bits per heavy atom. The number of halogens is 2. The van der Waals surface area contributed by atoms with Crippen molar-refractivity contribution in [1.82, 2.24) is 24.6 Å². The lowest BCUT2D eigenvalue weighted by atomic mass is 10.1. The van der Waals surface area contributed by atoms with Crippen molar-refractivity contribution in [1.29, 1.82) is 0 Å². The van der Waals surface area contributed by atoms with E-state index >= 15 is 0 Å². The zero-order valence-electron chi connectivity index (χ0n) is 10.5. The van der Waals surface area contributed by atoms with Gasteiger partial charge < -0.3 is 10.7 Å². The highest BCUT2D eigenvalue weighted by Gasteiger charge is 2.17. The number of rotatable bonds is 1. The Morgan fingerprint density at radius 2 is 2.14 bits per heavy atom. The minimum absolute atomic E-state index is 0.278. The fourth-order valence-electron chi connectivity index (χ4n) is 2.34. The van der Waals surface area contributed by atoms with Crippen molar-refractivity contribution in [2.45, 2.75) is 0 Å². The maximum atomic E-state index is 13.9. The molecule has 0 aliphatic heterocycles. The Balaban J connectivity index is 2.11. The number of H-pyrrole nitrogens is 1. The van der Waals surface area contributed by atoms with Gasteiger partial charge in [0.15, 0.2) is 5.82 Å². The van der Waals surface area contributed by atoms with Gasteiger partial charge >= 0.3 is 0 Å². The molecule has 104 valence electrons. The van der Waals surface area contributed by atoms with Crippen LogP contribution in [0.2, 0.25) is 0 Å². The van der Waals surface area contributed by atoms with Crippen LogP contribution in [0.15, 0.2) is 30.7 Å². The van der Waals surface area contributed by atoms with Crippen LogP contribution in [0.5, 0.6) is 0 Å². The number of nitrogens with zero attached hydrogens (tertiary/aromatic N) is 4. The molecule has 0 spiro atoms. The molecule has 0 aliphatic carbocycles. The molecule has 8 heteroatoms. The zero-order chi connectivity index (χ0) is 14.6. The van der Waals surface area contributed by atoms with E-state index in [9.17, 15) is 8.78 Å². The van der Waals surface area contributed by atoms with E-state index < -0.39 is 11.8 Å². The number of nitrogens with two attached hydrogens (primary N) is 1. The third kappa shape index (κ3) is 1.59. The third-order valence-electron chi connectivity index (χ3n) is 3.27. The molecule has 0 aliphatic rings. The van der Waals surface area contributed by atoms with Crippen molar-refractivity contribution < 1.29 is 8.78 Å². The quantitative estimate of drug-likeness (QED) is 0.561. The number of nitrogen functional groups attached to an aromatic ring is 1. The van der Waals surface area contributed by atoms with Gasteiger partial charge in [-0.1, -0.05) is 0 Å². The van der Waals surface area contributed by atoms with Crippen molar-refractivity contribution in [2.24, 2.45) is 0 Å². The van der Waals surface area contributed by atoms with Crippen LogP contribution >= 0.6 is 0 Å². The molecule has 4 rings (SSSR count). The second-order valence-electron chi connectivity index (χ2n) is 4.52. The van der Waals surface area contributed by atoms with Gasteiger partial charge in [0.1, 0.15) is 17.2 Å². The standard InChI is InChI=1S/C13H8F2N6/c14-6-3-7-8(5-18-13(7)17-4-6)10-9-1-2-19-21(9)11(15)12(16)20-10/h1-5H,16H2,(H,17,18). The highest BCUT2D eigenvalue weighted by molar-refractivity contribution is 5.96. The van der Waals surface area contributed by atoms with E-state index in [4.69, 9.17) is 5.73 Å². The van der Waals surface area contributed by atoms with Gasteiger partial charge in [-0.05, 0) is 12.1 Å². The lowest BCUT2D eigenvalue weighted by Gasteiger charge is -2.05. The SMILES string of the molecule is Nc1nc(-c2c[nH]c3ncc(F)cc23)c2ccnn2c1F. The smallest absolute Gasteiger partial charge is 0.257 e. The molecule has 3 N–H and O–H groups in total. The maximum Gasteiger partial charge on any atom is 0.257 e. The Morgan fingerprint density at radius 3 is 3.00 bits per heavy atom. The minimum atomic E-state index is -0.733. The third-order valence-corrected chi connectivity index (χ3v) is 3.27. The van der Waals surface area contributed by atoms with E-state index in [0.29, 0.717) is 27.8 Å². The summed E-state index contributed by atoms with van der Waals surface area (Å²) in [5.41, 5.74) is 7.51. The average Bonchev–Trinajstić information content (AvgIpc) is 3.09. The van der Waals surface area contributed by atoms with Crippen LogP contribution in [-0.2, 0) is 0 Å². The Labute approximate surface area is 116 Å². The molecule has 4 aromatic heterocycles. The minimum Gasteiger partial charge on any atom is -0.380 e. The molecule has 0 amide bonds. The first-order valence-electron chi connectivity index (χ1n) is 6.07. The van der Waals surface area contributed by atoms with Gasteiger partial charge in [-0.15, -0.1) is 0 Å². The summed E-state index contributed by atoms with van der Waals surface area (Å²) < 4.78 is 28.3. The van der Waals surface area contributed by atoms with Crippen molar-refractivity contribution in [3.8, 4) is 11.3 Å². The number of anilines is 1. The van der Waals surface area contributed by atoms with Crippen molar-refractivity contribution in [3.05, 3.63) is 42.5 Å². The zero-order valence-corrected chi connectivity index (χ0v) is 10.5. The fourth-order valence-corrected chi connectivity index (χ4v) is 2.34. The van der Waals surface area contributed by atoms with Gasteiger partial charge in [0, 0.05) is 17.1 Å². The van der Waals surface area contributed by atoms with Crippen LogP contribution < -0.4 is 5.73 Å². The Hall–Kier alpha value is -3.03. The lowest BCUT2D eigenvalue weighted by molar-refractivity contribution is 0.545. The topological polar surface area (TPSA) is 84.9 Å². The van der Waals surface area contributed by atoms with Crippen LogP contribution in [0, 0.1) is 11.8 Å². The molecule has 0 saturated carbocycles. The number of hydrogen-bond donors (Lipinski definition) is 2. The van der Waals surface area contributed by atoms with Gasteiger partial charge in [-0.2, -0.15) is 9.49 Å². The van der Waals surface area contributed by atoms with Gasteiger partial charge in [-0.25, -0.2) is 18.9 Å². The highest BCUT2D eigenvalue weighted by Crippen LogP contribution is 2.31. The molecule has 0 bridgehead atoms. The summed E-state index contributed by atoms with van der Waals surface area (Å²) in [6, 6.07) is 2.94. The number of nitrogens with one attached hydrogen (secondary N) is 1. The summed E-state index contributed by atoms with van der Waals surface area (Å²) in [5.74, 6) is -1.48. The second-order valence-corrected chi connectivity index (χ2v) is 4.52. The number of fused-ring (bicyclic) bond motifs is 2. The predicted molar refractivity (Wildman–Crippen MR) is 72.4 cm³/mol. The largest absolute Gasteiger partial charge is 0.380 e. The number of hydrogen-bond acceptors (Lipinski definition) is 4. The van der Waals surface area contributed by atoms with Crippen LogP contribution in [0.25, 0.3) is 27.8 Å². The van der Waals surface area contributed by atoms with E-state index in [0.717, 1.165) is 10.7 Å². The summed E-state index contributed by atoms with van der Waals surface area (Å²) in [5, 5.41) is 4.41. The summed E-state index contributed by atoms with van der Waals surface area (Å²) >= 11 is 0. The molecule has 6 nitrogen and oxygen atoms in total. The number of aromatic nitrogens is 5. The van der Waals surface area contributed by atoms with Crippen molar-refractivity contribution >= 4 is 22.4 Å². The van der Waals surface area contributed by atoms with Gasteiger partial charge in [-0.3, -0.25) is 0 Å². The first kappa shape index (κ1) is 11.8. The number of pyridine rings is 1. The lowest BCUT2D eigenvalue weighted by Crippen LogP contribution is -2.05. The molecular weight excluding hydrogens is 278 g/mol. The fraction of sp³-hybridized carbons (Fsp3) is 0. The predicted octanol–water partition coefficient (Wildman–Crippen LogP) is 2.13. The van der Waals surface area contributed by atoms with Gasteiger partial charge in [0.25, 0.3) is 5.95 Å². The van der Waals surface area contributed by atoms with E-state index in [-0.39, 0.29) is 5.82 Å². The van der Waals surface area contributed by atoms with Crippen LogP contribution in [0.3, 0.4) is 0 Å². The summed E-state index contributed by atoms with van der Waals surface area (Å²) in [7, 11) is 0. The summed E-state index contributed by atoms with van der Waals surface area (Å²) in [4.78, 5) is 10.9. The van der Waals surface area contributed by atoms with Crippen LogP contribution in [-0.4, -0.2) is 24.6 Å². The first-order valence-corrected chi connectivity index (χ1v) is 6.07. The van der Waals surface area contributed by atoms with E-state index in [1.807, 2.05) is 0 Å². The molecule has 0 radical (unpaired) electrons. The average molecular weight is 286 g/mol. The van der Waals surface area contributed by atoms with Crippen LogP contribution in [0.4, 0.5) is 14.6 Å². The molecule has 4 aromatic rings. The Bertz CT molecular complexity index is 987. The molecule has 0 unspecified atom stereocenters. The monoisotopic (exact) mass is 286 g/mol. The molecule has 0 aromatic carbocycles. The molecule has 0 saturated heterocycles. The summed E-state index contributed by atoms with van der Waals surface area (Å²) in [6.45, 7) is 0. The van der Waals surface area contributed by atoms with Gasteiger partial charge in [0.05, 0.1) is 17.9 Å². The number of aromatic amines is 1. The van der Waals surface area contributed by atoms with E-state index in [2.05, 4.69) is 20.1 Å². The normalized spacial score (nSPS) is 11.5. The van der Waals surface area contributed by atoms with Crippen LogP contribution in [0.1, 0.15) is 0 Å². The van der Waals surface area contributed by atoms with Crippen molar-refractivity contribution in [3.63, 3.8) is 0 Å². The highest BCUT2D eigenvalue weighted by atomic mass is 19.1. The molecule has 0 fully saturated rings. The van der Waals surface area contributed by atoms with Gasteiger partial charge in [0.2, 0.25) is 0 Å². The molecule has 4 heterocycles. The maximum absolute atomic E-state index is 13.9. The molecule has 21 heavy (non-hydrogen) atoms. The van der Waals surface area contributed by atoms with Crippen molar-refractivity contribution in [2.75, 3.05) is 5.73 Å². The second kappa shape index (κ2) is 3.98.